The Morgan fingerprint density at radius 3 is 2.50 bits per heavy atom. The van der Waals surface area contributed by atoms with Crippen LogP contribution in [0.3, 0.4) is 0 Å². The number of nitrogens with one attached hydrogen (secondary N) is 2. The molecule has 0 saturated carbocycles. The standard InChI is InChI=1S/C19H18ClN3O/c1-2-16-19(21-17(24)12-13-6-4-3-5-7-13)18(23-22-16)14-8-10-15(20)11-9-14/h3-11H,2,12H2,1H3,(H,21,24)(H,22,23). The summed E-state index contributed by atoms with van der Waals surface area (Å²) >= 11 is 5.95. The number of rotatable bonds is 5. The number of nitrogens with zero attached hydrogens (tertiary/aromatic N) is 1. The minimum atomic E-state index is -0.0625. The molecule has 0 spiro atoms. The van der Waals surface area contributed by atoms with E-state index in [9.17, 15) is 4.79 Å². The second kappa shape index (κ2) is 7.32. The van der Waals surface area contributed by atoms with Gasteiger partial charge in [-0.05, 0) is 24.1 Å². The van der Waals surface area contributed by atoms with Gasteiger partial charge in [0.15, 0.2) is 0 Å². The molecule has 5 heteroatoms. The molecule has 4 nitrogen and oxygen atoms in total. The van der Waals surface area contributed by atoms with Gasteiger partial charge in [0.1, 0.15) is 5.69 Å². The minimum Gasteiger partial charge on any atom is -0.322 e. The van der Waals surface area contributed by atoms with Crippen molar-refractivity contribution in [3.63, 3.8) is 0 Å². The Hall–Kier alpha value is -2.59. The van der Waals surface area contributed by atoms with Gasteiger partial charge < -0.3 is 5.32 Å². The molecule has 2 aromatic carbocycles. The molecule has 0 radical (unpaired) electrons. The number of aromatic amines is 1. The first-order valence-corrected chi connectivity index (χ1v) is 8.22. The summed E-state index contributed by atoms with van der Waals surface area (Å²) < 4.78 is 0. The Bertz CT molecular complexity index is 826. The maximum Gasteiger partial charge on any atom is 0.228 e. The van der Waals surface area contributed by atoms with Crippen molar-refractivity contribution < 1.29 is 4.79 Å². The highest BCUT2D eigenvalue weighted by Crippen LogP contribution is 2.30. The highest BCUT2D eigenvalue weighted by Gasteiger charge is 2.16. The number of carbonyl (C=O) groups excluding carboxylic acids is 1. The highest BCUT2D eigenvalue weighted by atomic mass is 35.5. The number of anilines is 1. The lowest BCUT2D eigenvalue weighted by atomic mass is 10.1. The molecule has 1 amide bonds. The second-order valence-corrected chi connectivity index (χ2v) is 5.93. The maximum absolute atomic E-state index is 12.4. The first kappa shape index (κ1) is 16.3. The normalized spacial score (nSPS) is 10.6. The summed E-state index contributed by atoms with van der Waals surface area (Å²) in [7, 11) is 0. The van der Waals surface area contributed by atoms with Crippen molar-refractivity contribution in [2.45, 2.75) is 19.8 Å². The van der Waals surface area contributed by atoms with E-state index < -0.39 is 0 Å². The molecule has 24 heavy (non-hydrogen) atoms. The molecule has 0 atom stereocenters. The number of hydrogen-bond donors (Lipinski definition) is 2. The van der Waals surface area contributed by atoms with Crippen LogP contribution in [-0.2, 0) is 17.6 Å². The maximum atomic E-state index is 12.4. The highest BCUT2D eigenvalue weighted by molar-refractivity contribution is 6.30. The lowest BCUT2D eigenvalue weighted by Gasteiger charge is -2.08. The van der Waals surface area contributed by atoms with Crippen LogP contribution in [0.4, 0.5) is 5.69 Å². The molecular formula is C19H18ClN3O. The topological polar surface area (TPSA) is 57.8 Å². The summed E-state index contributed by atoms with van der Waals surface area (Å²) in [5, 5.41) is 11.0. The van der Waals surface area contributed by atoms with Gasteiger partial charge >= 0.3 is 0 Å². The van der Waals surface area contributed by atoms with Gasteiger partial charge in [-0.2, -0.15) is 5.10 Å². The van der Waals surface area contributed by atoms with Gasteiger partial charge in [0.25, 0.3) is 0 Å². The summed E-state index contributed by atoms with van der Waals surface area (Å²) in [6, 6.07) is 17.1. The third kappa shape index (κ3) is 3.66. The Kier molecular flexibility index (Phi) is 4.96. The van der Waals surface area contributed by atoms with Crippen LogP contribution in [0, 0.1) is 0 Å². The minimum absolute atomic E-state index is 0.0625. The molecule has 1 aromatic heterocycles. The number of amides is 1. The van der Waals surface area contributed by atoms with Crippen molar-refractivity contribution in [2.24, 2.45) is 0 Å². The zero-order chi connectivity index (χ0) is 16.9. The smallest absolute Gasteiger partial charge is 0.228 e. The largest absolute Gasteiger partial charge is 0.322 e. The zero-order valence-electron chi connectivity index (χ0n) is 13.3. The van der Waals surface area contributed by atoms with Crippen LogP contribution in [0.15, 0.2) is 54.6 Å². The van der Waals surface area contributed by atoms with E-state index in [0.717, 1.165) is 34.6 Å². The van der Waals surface area contributed by atoms with Crippen molar-refractivity contribution in [2.75, 3.05) is 5.32 Å². The van der Waals surface area contributed by atoms with Crippen LogP contribution >= 0.6 is 11.6 Å². The molecule has 0 saturated heterocycles. The van der Waals surface area contributed by atoms with E-state index >= 15 is 0 Å². The molecule has 0 unspecified atom stereocenters. The van der Waals surface area contributed by atoms with E-state index in [4.69, 9.17) is 11.6 Å². The summed E-state index contributed by atoms with van der Waals surface area (Å²) in [6.07, 6.45) is 1.08. The quantitative estimate of drug-likeness (QED) is 0.720. The molecular weight excluding hydrogens is 322 g/mol. The number of halogens is 1. The van der Waals surface area contributed by atoms with Gasteiger partial charge in [-0.3, -0.25) is 9.89 Å². The fourth-order valence-corrected chi connectivity index (χ4v) is 2.68. The number of hydrogen-bond acceptors (Lipinski definition) is 2. The molecule has 0 fully saturated rings. The van der Waals surface area contributed by atoms with Crippen LogP contribution < -0.4 is 5.32 Å². The van der Waals surface area contributed by atoms with Crippen LogP contribution in [0.25, 0.3) is 11.3 Å². The predicted molar refractivity (Wildman–Crippen MR) is 97.2 cm³/mol. The molecule has 122 valence electrons. The van der Waals surface area contributed by atoms with E-state index in [1.165, 1.54) is 0 Å². The Morgan fingerprint density at radius 1 is 1.12 bits per heavy atom. The summed E-state index contributed by atoms with van der Waals surface area (Å²) in [4.78, 5) is 12.4. The Morgan fingerprint density at radius 2 is 1.83 bits per heavy atom. The zero-order valence-corrected chi connectivity index (χ0v) is 14.1. The fraction of sp³-hybridized carbons (Fsp3) is 0.158. The van der Waals surface area contributed by atoms with E-state index in [-0.39, 0.29) is 5.91 Å². The van der Waals surface area contributed by atoms with E-state index in [0.29, 0.717) is 11.4 Å². The summed E-state index contributed by atoms with van der Waals surface area (Å²) in [6.45, 7) is 2.02. The molecule has 0 bridgehead atoms. The molecule has 0 aliphatic rings. The van der Waals surface area contributed by atoms with Crippen LogP contribution in [0.1, 0.15) is 18.2 Å². The van der Waals surface area contributed by atoms with Crippen molar-refractivity contribution >= 4 is 23.2 Å². The second-order valence-electron chi connectivity index (χ2n) is 5.50. The van der Waals surface area contributed by atoms with E-state index in [1.54, 1.807) is 0 Å². The third-order valence-electron chi connectivity index (χ3n) is 3.78. The molecule has 0 aliphatic carbocycles. The lowest BCUT2D eigenvalue weighted by Crippen LogP contribution is -2.15. The lowest BCUT2D eigenvalue weighted by molar-refractivity contribution is -0.115. The van der Waals surface area contributed by atoms with Gasteiger partial charge in [0, 0.05) is 10.6 Å². The average molecular weight is 340 g/mol. The van der Waals surface area contributed by atoms with Gasteiger partial charge in [-0.25, -0.2) is 0 Å². The third-order valence-corrected chi connectivity index (χ3v) is 4.04. The number of aryl methyl sites for hydroxylation is 1. The van der Waals surface area contributed by atoms with Gasteiger partial charge in [-0.1, -0.05) is 61.0 Å². The predicted octanol–water partition coefficient (Wildman–Crippen LogP) is 4.47. The number of carbonyl (C=O) groups is 1. The monoisotopic (exact) mass is 339 g/mol. The van der Waals surface area contributed by atoms with Crippen molar-refractivity contribution in [1.82, 2.24) is 10.2 Å². The van der Waals surface area contributed by atoms with Gasteiger partial charge in [-0.15, -0.1) is 0 Å². The Balaban J connectivity index is 1.85. The van der Waals surface area contributed by atoms with Crippen molar-refractivity contribution in [3.05, 3.63) is 70.9 Å². The fourth-order valence-electron chi connectivity index (χ4n) is 2.55. The summed E-state index contributed by atoms with van der Waals surface area (Å²) in [5.41, 5.74) is 4.25. The SMILES string of the molecule is CCc1[nH]nc(-c2ccc(Cl)cc2)c1NC(=O)Cc1ccccc1. The van der Waals surface area contributed by atoms with E-state index in [2.05, 4.69) is 15.5 Å². The average Bonchev–Trinajstić information content (AvgIpc) is 2.99. The van der Waals surface area contributed by atoms with Crippen LogP contribution in [-0.4, -0.2) is 16.1 Å². The van der Waals surface area contributed by atoms with Gasteiger partial charge in [0.2, 0.25) is 5.91 Å². The number of aromatic nitrogens is 2. The number of benzene rings is 2. The summed E-state index contributed by atoms with van der Waals surface area (Å²) in [5.74, 6) is -0.0625. The van der Waals surface area contributed by atoms with Crippen molar-refractivity contribution in [1.29, 1.82) is 0 Å². The molecule has 1 heterocycles. The number of H-pyrrole nitrogens is 1. The Labute approximate surface area is 145 Å². The molecule has 3 rings (SSSR count). The first-order valence-electron chi connectivity index (χ1n) is 7.84. The first-order chi connectivity index (χ1) is 11.7. The molecule has 2 N–H and O–H groups in total. The van der Waals surface area contributed by atoms with Crippen molar-refractivity contribution in [3.8, 4) is 11.3 Å². The van der Waals surface area contributed by atoms with E-state index in [1.807, 2.05) is 61.5 Å². The van der Waals surface area contributed by atoms with Crippen LogP contribution in [0.5, 0.6) is 0 Å². The van der Waals surface area contributed by atoms with Crippen LogP contribution in [0.2, 0.25) is 5.02 Å². The molecule has 0 aliphatic heterocycles. The molecule has 3 aromatic rings. The van der Waals surface area contributed by atoms with Gasteiger partial charge in [0.05, 0.1) is 17.8 Å².